The largest absolute Gasteiger partial charge is 0.438 e. The van der Waals surface area contributed by atoms with Crippen LogP contribution in [0.25, 0.3) is 0 Å². The minimum atomic E-state index is 0.607. The molecule has 0 saturated heterocycles. The highest BCUT2D eigenvalue weighted by Gasteiger charge is 2.09. The van der Waals surface area contributed by atoms with Crippen LogP contribution in [0.5, 0.6) is 11.6 Å². The summed E-state index contributed by atoms with van der Waals surface area (Å²) < 4.78 is 5.92. The average molecular weight is 291 g/mol. The van der Waals surface area contributed by atoms with E-state index in [0.29, 0.717) is 5.88 Å². The van der Waals surface area contributed by atoms with Gasteiger partial charge in [-0.25, -0.2) is 4.98 Å². The Bertz CT molecular complexity index is 603. The van der Waals surface area contributed by atoms with Crippen LogP contribution in [0.3, 0.4) is 0 Å². The summed E-state index contributed by atoms with van der Waals surface area (Å²) in [7, 11) is 1.92. The zero-order valence-corrected chi connectivity index (χ0v) is 13.0. The summed E-state index contributed by atoms with van der Waals surface area (Å²) >= 11 is 6.03. The zero-order chi connectivity index (χ0) is 14.7. The standard InChI is InChI=1S/C16H19ClN2O/c1-10-7-14(17)8-11(2)16(10)20-15-6-5-13(9-18-4)12(3)19-15/h5-8,18H,9H2,1-4H3. The van der Waals surface area contributed by atoms with Gasteiger partial charge in [-0.15, -0.1) is 0 Å². The van der Waals surface area contributed by atoms with Gasteiger partial charge in [0.2, 0.25) is 5.88 Å². The van der Waals surface area contributed by atoms with Gasteiger partial charge in [-0.05, 0) is 56.6 Å². The number of benzene rings is 1. The Labute approximate surface area is 124 Å². The minimum Gasteiger partial charge on any atom is -0.438 e. The van der Waals surface area contributed by atoms with Crippen LogP contribution < -0.4 is 10.1 Å². The van der Waals surface area contributed by atoms with Gasteiger partial charge < -0.3 is 10.1 Å². The van der Waals surface area contributed by atoms with Crippen LogP contribution in [0.2, 0.25) is 5.02 Å². The van der Waals surface area contributed by atoms with E-state index >= 15 is 0 Å². The van der Waals surface area contributed by atoms with Crippen molar-refractivity contribution in [3.05, 3.63) is 51.7 Å². The highest BCUT2D eigenvalue weighted by molar-refractivity contribution is 6.30. The minimum absolute atomic E-state index is 0.607. The number of hydrogen-bond acceptors (Lipinski definition) is 3. The van der Waals surface area contributed by atoms with Crippen LogP contribution in [-0.4, -0.2) is 12.0 Å². The molecular formula is C16H19ClN2O. The Balaban J connectivity index is 2.29. The van der Waals surface area contributed by atoms with Gasteiger partial charge in [0, 0.05) is 23.3 Å². The van der Waals surface area contributed by atoms with Gasteiger partial charge >= 0.3 is 0 Å². The van der Waals surface area contributed by atoms with Gasteiger partial charge in [-0.1, -0.05) is 17.7 Å². The van der Waals surface area contributed by atoms with E-state index in [1.165, 1.54) is 5.56 Å². The third-order valence-electron chi connectivity index (χ3n) is 3.17. The van der Waals surface area contributed by atoms with Crippen molar-refractivity contribution < 1.29 is 4.74 Å². The van der Waals surface area contributed by atoms with E-state index in [1.54, 1.807) is 0 Å². The van der Waals surface area contributed by atoms with Gasteiger partial charge in [0.05, 0.1) is 0 Å². The fourth-order valence-electron chi connectivity index (χ4n) is 2.16. The van der Waals surface area contributed by atoms with Crippen LogP contribution in [0.15, 0.2) is 24.3 Å². The molecule has 0 amide bonds. The molecule has 20 heavy (non-hydrogen) atoms. The van der Waals surface area contributed by atoms with Crippen LogP contribution in [-0.2, 0) is 6.54 Å². The highest BCUT2D eigenvalue weighted by Crippen LogP contribution is 2.30. The number of pyridine rings is 1. The van der Waals surface area contributed by atoms with E-state index < -0.39 is 0 Å². The van der Waals surface area contributed by atoms with Crippen LogP contribution in [0, 0.1) is 20.8 Å². The van der Waals surface area contributed by atoms with Crippen LogP contribution >= 0.6 is 11.6 Å². The Morgan fingerprint density at radius 1 is 1.15 bits per heavy atom. The maximum atomic E-state index is 6.03. The second-order valence-electron chi connectivity index (χ2n) is 4.90. The molecule has 3 nitrogen and oxygen atoms in total. The lowest BCUT2D eigenvalue weighted by atomic mass is 10.1. The van der Waals surface area contributed by atoms with E-state index in [1.807, 2.05) is 52.1 Å². The van der Waals surface area contributed by atoms with Crippen molar-refractivity contribution in [1.29, 1.82) is 0 Å². The average Bonchev–Trinajstić information content (AvgIpc) is 2.37. The molecule has 0 bridgehead atoms. The van der Waals surface area contributed by atoms with E-state index in [4.69, 9.17) is 16.3 Å². The first kappa shape index (κ1) is 14.8. The molecule has 0 radical (unpaired) electrons. The molecule has 0 aliphatic carbocycles. The van der Waals surface area contributed by atoms with Crippen molar-refractivity contribution in [2.24, 2.45) is 0 Å². The molecular weight excluding hydrogens is 272 g/mol. The van der Waals surface area contributed by atoms with E-state index in [2.05, 4.69) is 10.3 Å². The first-order chi connectivity index (χ1) is 9.51. The summed E-state index contributed by atoms with van der Waals surface area (Å²) in [5.74, 6) is 1.43. The molecule has 1 aromatic carbocycles. The Morgan fingerprint density at radius 3 is 2.35 bits per heavy atom. The molecule has 2 aromatic rings. The second kappa shape index (κ2) is 6.25. The van der Waals surface area contributed by atoms with Crippen molar-refractivity contribution in [2.45, 2.75) is 27.3 Å². The molecule has 0 fully saturated rings. The van der Waals surface area contributed by atoms with Crippen molar-refractivity contribution in [1.82, 2.24) is 10.3 Å². The third-order valence-corrected chi connectivity index (χ3v) is 3.39. The first-order valence-electron chi connectivity index (χ1n) is 6.57. The lowest BCUT2D eigenvalue weighted by Gasteiger charge is -2.13. The molecule has 0 aliphatic rings. The molecule has 0 aliphatic heterocycles. The monoisotopic (exact) mass is 290 g/mol. The highest BCUT2D eigenvalue weighted by atomic mass is 35.5. The summed E-state index contributed by atoms with van der Waals surface area (Å²) in [5.41, 5.74) is 4.16. The lowest BCUT2D eigenvalue weighted by Crippen LogP contribution is -2.07. The Hall–Kier alpha value is -1.58. The summed E-state index contributed by atoms with van der Waals surface area (Å²) in [6.07, 6.45) is 0. The molecule has 4 heteroatoms. The normalized spacial score (nSPS) is 10.7. The van der Waals surface area contributed by atoms with Crippen LogP contribution in [0.4, 0.5) is 0 Å². The Kier molecular flexibility index (Phi) is 4.63. The van der Waals surface area contributed by atoms with Gasteiger partial charge in [0.25, 0.3) is 0 Å². The van der Waals surface area contributed by atoms with Gasteiger partial charge in [-0.2, -0.15) is 0 Å². The van der Waals surface area contributed by atoms with Gasteiger partial charge in [-0.3, -0.25) is 0 Å². The maximum Gasteiger partial charge on any atom is 0.219 e. The third kappa shape index (κ3) is 3.30. The van der Waals surface area contributed by atoms with E-state index in [9.17, 15) is 0 Å². The van der Waals surface area contributed by atoms with E-state index in [0.717, 1.165) is 34.1 Å². The van der Waals surface area contributed by atoms with E-state index in [-0.39, 0.29) is 0 Å². The van der Waals surface area contributed by atoms with Gasteiger partial charge in [0.15, 0.2) is 0 Å². The molecule has 1 N–H and O–H groups in total. The number of ether oxygens (including phenoxy) is 1. The zero-order valence-electron chi connectivity index (χ0n) is 12.2. The fourth-order valence-corrected chi connectivity index (χ4v) is 2.49. The Morgan fingerprint density at radius 2 is 1.80 bits per heavy atom. The summed E-state index contributed by atoms with van der Waals surface area (Å²) in [4.78, 5) is 4.50. The summed E-state index contributed by atoms with van der Waals surface area (Å²) in [5, 5.41) is 3.85. The number of hydrogen-bond donors (Lipinski definition) is 1. The maximum absolute atomic E-state index is 6.03. The first-order valence-corrected chi connectivity index (χ1v) is 6.94. The molecule has 0 spiro atoms. The number of aryl methyl sites for hydroxylation is 3. The fraction of sp³-hybridized carbons (Fsp3) is 0.312. The van der Waals surface area contributed by atoms with Crippen molar-refractivity contribution in [3.8, 4) is 11.6 Å². The molecule has 0 atom stereocenters. The molecule has 0 saturated carbocycles. The molecule has 0 unspecified atom stereocenters. The smallest absolute Gasteiger partial charge is 0.219 e. The van der Waals surface area contributed by atoms with Gasteiger partial charge in [0.1, 0.15) is 5.75 Å². The number of nitrogens with zero attached hydrogens (tertiary/aromatic N) is 1. The topological polar surface area (TPSA) is 34.1 Å². The van der Waals surface area contributed by atoms with Crippen molar-refractivity contribution in [3.63, 3.8) is 0 Å². The van der Waals surface area contributed by atoms with Crippen LogP contribution in [0.1, 0.15) is 22.4 Å². The number of aromatic nitrogens is 1. The van der Waals surface area contributed by atoms with Crippen molar-refractivity contribution in [2.75, 3.05) is 7.05 Å². The second-order valence-corrected chi connectivity index (χ2v) is 5.33. The summed E-state index contributed by atoms with van der Waals surface area (Å²) in [6.45, 7) is 6.76. The quantitative estimate of drug-likeness (QED) is 0.917. The summed E-state index contributed by atoms with van der Waals surface area (Å²) in [6, 6.07) is 7.72. The molecule has 2 rings (SSSR count). The predicted molar refractivity (Wildman–Crippen MR) is 82.7 cm³/mol. The lowest BCUT2D eigenvalue weighted by molar-refractivity contribution is 0.454. The SMILES string of the molecule is CNCc1ccc(Oc2c(C)cc(Cl)cc2C)nc1C. The molecule has 1 heterocycles. The number of nitrogens with one attached hydrogen (secondary N) is 1. The molecule has 106 valence electrons. The molecule has 1 aromatic heterocycles. The number of rotatable bonds is 4. The predicted octanol–water partition coefficient (Wildman–Crippen LogP) is 4.17. The number of halogens is 1. The van der Waals surface area contributed by atoms with Crippen molar-refractivity contribution >= 4 is 11.6 Å².